The summed E-state index contributed by atoms with van der Waals surface area (Å²) in [7, 11) is 0. The van der Waals surface area contributed by atoms with Gasteiger partial charge in [-0.2, -0.15) is 3.89 Å². The van der Waals surface area contributed by atoms with Crippen molar-refractivity contribution in [1.82, 2.24) is 5.32 Å². The van der Waals surface area contributed by atoms with E-state index in [9.17, 15) is 13.5 Å². The van der Waals surface area contributed by atoms with E-state index in [1.165, 1.54) is 18.2 Å². The molecule has 0 radical (unpaired) electrons. The van der Waals surface area contributed by atoms with E-state index >= 15 is 0 Å². The normalized spacial score (nSPS) is 9.81. The highest BCUT2D eigenvalue weighted by Crippen LogP contribution is 2.23. The number of nitrogens with two attached hydrogens (primary N) is 1. The van der Waals surface area contributed by atoms with Crippen molar-refractivity contribution in [3.63, 3.8) is 0 Å². The lowest BCUT2D eigenvalue weighted by Gasteiger charge is -2.06. The van der Waals surface area contributed by atoms with Gasteiger partial charge in [-0.1, -0.05) is 0 Å². The number of hydrogen-bond donors (Lipinski definition) is 3. The SMILES string of the molecule is Nc1cc(SF)ccc1C(=O)NCC(=O)O. The van der Waals surface area contributed by atoms with Crippen LogP contribution in [0.4, 0.5) is 9.57 Å². The molecule has 0 unspecified atom stereocenters. The molecule has 0 saturated heterocycles. The number of nitrogen functional groups attached to an aromatic ring is 1. The fourth-order valence-electron chi connectivity index (χ4n) is 1.05. The van der Waals surface area contributed by atoms with Crippen molar-refractivity contribution in [3.05, 3.63) is 23.8 Å². The number of nitrogens with one attached hydrogen (secondary N) is 1. The van der Waals surface area contributed by atoms with Crippen molar-refractivity contribution in [2.24, 2.45) is 0 Å². The standard InChI is InChI=1S/C9H9FN2O3S/c10-16-5-1-2-6(7(11)3-5)9(15)12-4-8(13)14/h1-3H,4,11H2,(H,12,15)(H,13,14). The van der Waals surface area contributed by atoms with Crippen molar-refractivity contribution in [2.45, 2.75) is 4.90 Å². The summed E-state index contributed by atoms with van der Waals surface area (Å²) in [4.78, 5) is 21.9. The molecule has 0 bridgehead atoms. The highest BCUT2D eigenvalue weighted by atomic mass is 32.2. The van der Waals surface area contributed by atoms with Gasteiger partial charge in [0.2, 0.25) is 0 Å². The number of carbonyl (C=O) groups is 2. The van der Waals surface area contributed by atoms with Crippen LogP contribution in [0.5, 0.6) is 0 Å². The minimum atomic E-state index is -1.15. The Kier molecular flexibility index (Phi) is 4.12. The number of aliphatic carboxylic acids is 1. The summed E-state index contributed by atoms with van der Waals surface area (Å²) >= 11 is 0.0158. The van der Waals surface area contributed by atoms with Gasteiger partial charge in [0.1, 0.15) is 6.54 Å². The van der Waals surface area contributed by atoms with Crippen LogP contribution in [0.2, 0.25) is 0 Å². The molecule has 86 valence electrons. The third-order valence-electron chi connectivity index (χ3n) is 1.76. The first-order valence-electron chi connectivity index (χ1n) is 4.22. The van der Waals surface area contributed by atoms with Gasteiger partial charge in [0, 0.05) is 10.6 Å². The molecule has 16 heavy (non-hydrogen) atoms. The Morgan fingerprint density at radius 1 is 1.50 bits per heavy atom. The van der Waals surface area contributed by atoms with Gasteiger partial charge in [-0.3, -0.25) is 9.59 Å². The topological polar surface area (TPSA) is 92.4 Å². The smallest absolute Gasteiger partial charge is 0.322 e. The molecular formula is C9H9FN2O3S. The minimum Gasteiger partial charge on any atom is -0.480 e. The first kappa shape index (κ1) is 12.3. The van der Waals surface area contributed by atoms with Gasteiger partial charge in [-0.05, 0) is 18.2 Å². The molecule has 0 aliphatic rings. The second-order valence-electron chi connectivity index (χ2n) is 2.90. The summed E-state index contributed by atoms with van der Waals surface area (Å²) < 4.78 is 12.2. The number of halogens is 1. The van der Waals surface area contributed by atoms with E-state index < -0.39 is 18.4 Å². The van der Waals surface area contributed by atoms with E-state index in [1.54, 1.807) is 0 Å². The zero-order chi connectivity index (χ0) is 12.1. The largest absolute Gasteiger partial charge is 0.480 e. The average Bonchev–Trinajstić information content (AvgIpc) is 2.25. The first-order valence-corrected chi connectivity index (χ1v) is 4.94. The molecule has 0 spiro atoms. The lowest BCUT2D eigenvalue weighted by atomic mass is 10.1. The van der Waals surface area contributed by atoms with Crippen LogP contribution in [0, 0.1) is 0 Å². The number of benzene rings is 1. The van der Waals surface area contributed by atoms with E-state index in [1.807, 2.05) is 0 Å². The zero-order valence-electron chi connectivity index (χ0n) is 8.07. The summed E-state index contributed by atoms with van der Waals surface area (Å²) in [6.45, 7) is -0.488. The quantitative estimate of drug-likeness (QED) is 0.689. The molecule has 1 rings (SSSR count). The molecule has 0 atom stereocenters. The van der Waals surface area contributed by atoms with E-state index in [0.29, 0.717) is 0 Å². The predicted molar refractivity (Wildman–Crippen MR) is 57.8 cm³/mol. The Bertz CT molecular complexity index is 425. The highest BCUT2D eigenvalue weighted by Gasteiger charge is 2.11. The summed E-state index contributed by atoms with van der Waals surface area (Å²) in [5.74, 6) is -1.75. The Morgan fingerprint density at radius 3 is 2.69 bits per heavy atom. The zero-order valence-corrected chi connectivity index (χ0v) is 8.88. The third-order valence-corrected chi connectivity index (χ3v) is 2.19. The summed E-state index contributed by atoms with van der Waals surface area (Å²) in [5.41, 5.74) is 5.74. The maximum Gasteiger partial charge on any atom is 0.322 e. The second kappa shape index (κ2) is 5.36. The van der Waals surface area contributed by atoms with Crippen LogP contribution < -0.4 is 11.1 Å². The summed E-state index contributed by atoms with van der Waals surface area (Å²) in [6.07, 6.45) is 0. The Balaban J connectivity index is 2.79. The van der Waals surface area contributed by atoms with Gasteiger partial charge in [0.15, 0.2) is 0 Å². The maximum atomic E-state index is 12.2. The minimum absolute atomic E-state index is 0.0158. The van der Waals surface area contributed by atoms with E-state index in [2.05, 4.69) is 5.32 Å². The molecular weight excluding hydrogens is 235 g/mol. The van der Waals surface area contributed by atoms with Crippen molar-refractivity contribution in [3.8, 4) is 0 Å². The Labute approximate surface area is 95.1 Å². The summed E-state index contributed by atoms with van der Waals surface area (Å²) in [6, 6.07) is 4.03. The number of carbonyl (C=O) groups excluding carboxylic acids is 1. The number of hydrogen-bond acceptors (Lipinski definition) is 4. The molecule has 0 heterocycles. The van der Waals surface area contributed by atoms with E-state index in [-0.39, 0.29) is 28.3 Å². The van der Waals surface area contributed by atoms with Crippen molar-refractivity contribution in [1.29, 1.82) is 0 Å². The molecule has 5 nitrogen and oxygen atoms in total. The molecule has 0 fully saturated rings. The fourth-order valence-corrected chi connectivity index (χ4v) is 1.34. The second-order valence-corrected chi connectivity index (χ2v) is 3.53. The van der Waals surface area contributed by atoms with Crippen LogP contribution in [0.15, 0.2) is 23.1 Å². The third kappa shape index (κ3) is 3.13. The van der Waals surface area contributed by atoms with Gasteiger partial charge in [0.25, 0.3) is 5.91 Å². The van der Waals surface area contributed by atoms with Crippen LogP contribution >= 0.6 is 12.1 Å². The number of carboxylic acids is 1. The molecule has 0 aliphatic carbocycles. The van der Waals surface area contributed by atoms with Crippen LogP contribution in [0.1, 0.15) is 10.4 Å². The van der Waals surface area contributed by atoms with Crippen molar-refractivity contribution >= 4 is 29.7 Å². The van der Waals surface area contributed by atoms with Gasteiger partial charge < -0.3 is 16.2 Å². The lowest BCUT2D eigenvalue weighted by Crippen LogP contribution is -2.29. The van der Waals surface area contributed by atoms with E-state index in [4.69, 9.17) is 10.8 Å². The Morgan fingerprint density at radius 2 is 2.19 bits per heavy atom. The molecule has 1 amide bonds. The first-order chi connectivity index (χ1) is 7.54. The lowest BCUT2D eigenvalue weighted by molar-refractivity contribution is -0.135. The fraction of sp³-hybridized carbons (Fsp3) is 0.111. The van der Waals surface area contributed by atoms with Crippen molar-refractivity contribution < 1.29 is 18.6 Å². The van der Waals surface area contributed by atoms with Gasteiger partial charge in [-0.25, -0.2) is 0 Å². The Hall–Kier alpha value is -1.76. The molecule has 0 saturated carbocycles. The molecule has 1 aromatic carbocycles. The van der Waals surface area contributed by atoms with Crippen LogP contribution in [0.25, 0.3) is 0 Å². The molecule has 0 aromatic heterocycles. The average molecular weight is 244 g/mol. The van der Waals surface area contributed by atoms with E-state index in [0.717, 1.165) is 0 Å². The van der Waals surface area contributed by atoms with Crippen LogP contribution in [0.3, 0.4) is 0 Å². The highest BCUT2D eigenvalue weighted by molar-refractivity contribution is 7.94. The molecule has 7 heteroatoms. The van der Waals surface area contributed by atoms with Gasteiger partial charge in [-0.15, -0.1) is 0 Å². The van der Waals surface area contributed by atoms with Gasteiger partial charge in [0.05, 0.1) is 17.7 Å². The number of anilines is 1. The monoisotopic (exact) mass is 244 g/mol. The molecule has 1 aromatic rings. The summed E-state index contributed by atoms with van der Waals surface area (Å²) in [5, 5.41) is 10.5. The van der Waals surface area contributed by atoms with Crippen LogP contribution in [-0.4, -0.2) is 23.5 Å². The molecule has 0 aliphatic heterocycles. The maximum absolute atomic E-state index is 12.2. The van der Waals surface area contributed by atoms with Crippen molar-refractivity contribution in [2.75, 3.05) is 12.3 Å². The number of carboxylic acid groups (broad SMARTS) is 1. The van der Waals surface area contributed by atoms with Gasteiger partial charge >= 0.3 is 5.97 Å². The number of rotatable bonds is 4. The molecule has 4 N–H and O–H groups in total. The predicted octanol–water partition coefficient (Wildman–Crippen LogP) is 1.06. The van der Waals surface area contributed by atoms with Crippen LogP contribution in [-0.2, 0) is 4.79 Å². The number of amides is 1.